The minimum Gasteiger partial charge on any atom is -0.303 e. The summed E-state index contributed by atoms with van der Waals surface area (Å²) in [5, 5.41) is 0.814. The first kappa shape index (κ1) is 13.0. The summed E-state index contributed by atoms with van der Waals surface area (Å²) in [6.07, 6.45) is 2.83. The van der Waals surface area contributed by atoms with Crippen molar-refractivity contribution in [2.45, 2.75) is 12.8 Å². The van der Waals surface area contributed by atoms with Gasteiger partial charge >= 0.3 is 0 Å². The average molecular weight is 285 g/mol. The van der Waals surface area contributed by atoms with E-state index in [1.807, 2.05) is 24.3 Å². The highest BCUT2D eigenvalue weighted by atomic mass is 32.2. The van der Waals surface area contributed by atoms with Crippen LogP contribution < -0.4 is 9.51 Å². The van der Waals surface area contributed by atoms with Crippen molar-refractivity contribution < 1.29 is 17.9 Å². The Labute approximate surface area is 109 Å². The van der Waals surface area contributed by atoms with Crippen LogP contribution in [0.15, 0.2) is 24.3 Å². The molecule has 0 fully saturated rings. The molecule has 0 saturated heterocycles. The molecule has 0 atom stereocenters. The number of nitrogens with one attached hydrogen (secondary N) is 1. The number of benzene rings is 1. The van der Waals surface area contributed by atoms with E-state index >= 15 is 0 Å². The van der Waals surface area contributed by atoms with Gasteiger partial charge in [-0.3, -0.25) is 0 Å². The smallest absolute Gasteiger partial charge is 0.274 e. The Morgan fingerprint density at radius 2 is 2.11 bits per heavy atom. The quantitative estimate of drug-likeness (QED) is 0.653. The Morgan fingerprint density at radius 3 is 2.78 bits per heavy atom. The Hall–Kier alpha value is -1.47. The Balaban J connectivity index is 2.53. The third kappa shape index (κ3) is 2.85. The molecule has 0 amide bonds. The zero-order valence-corrected chi connectivity index (χ0v) is 11.4. The number of aldehydes is 1. The maximum absolute atomic E-state index is 11.4. The molecule has 0 aliphatic heterocycles. The van der Waals surface area contributed by atoms with Gasteiger partial charge in [0.25, 0.3) is 20.5 Å². The molecule has 18 heavy (non-hydrogen) atoms. The van der Waals surface area contributed by atoms with E-state index in [9.17, 15) is 13.2 Å². The van der Waals surface area contributed by atoms with Gasteiger partial charge < -0.3 is 4.79 Å². The lowest BCUT2D eigenvalue weighted by molar-refractivity contribution is -0.612. The summed E-state index contributed by atoms with van der Waals surface area (Å²) in [4.78, 5) is 12.9. The topological polar surface area (TPSA) is 67.1 Å². The van der Waals surface area contributed by atoms with Crippen LogP contribution in [0.1, 0.15) is 11.4 Å². The number of aryl methyl sites for hydroxylation is 1. The molecule has 1 aromatic heterocycles. The van der Waals surface area contributed by atoms with Gasteiger partial charge in [-0.25, -0.2) is 8.42 Å². The monoisotopic (exact) mass is 285 g/mol. The molecule has 1 heterocycles. The van der Waals surface area contributed by atoms with Crippen LogP contribution in [0, 0.1) is 0 Å². The molecule has 1 aromatic carbocycles. The molecule has 0 bridgehead atoms. The molecule has 0 spiro atoms. The van der Waals surface area contributed by atoms with Crippen LogP contribution in [0.3, 0.4) is 0 Å². The normalized spacial score (nSPS) is 11.6. The van der Waals surface area contributed by atoms with E-state index < -0.39 is 10.0 Å². The molecule has 7 heteroatoms. The van der Waals surface area contributed by atoms with Crippen molar-refractivity contribution >= 4 is 37.9 Å². The lowest BCUT2D eigenvalue weighted by Crippen LogP contribution is -2.49. The van der Waals surface area contributed by atoms with Gasteiger partial charge in [0.2, 0.25) is 0 Å². The van der Waals surface area contributed by atoms with Gasteiger partial charge in [-0.2, -0.15) is 0 Å². The molecule has 0 saturated carbocycles. The molecule has 0 aliphatic carbocycles. The van der Waals surface area contributed by atoms with E-state index in [2.05, 4.69) is 4.83 Å². The van der Waals surface area contributed by atoms with E-state index in [1.54, 1.807) is 4.68 Å². The summed E-state index contributed by atoms with van der Waals surface area (Å²) in [5.41, 5.74) is 0.800. The van der Waals surface area contributed by atoms with Crippen LogP contribution in [0.25, 0.3) is 10.2 Å². The number of carbonyl (C=O) groups excluding carboxylic acids is 1. The lowest BCUT2D eigenvalue weighted by atomic mass is 10.3. The van der Waals surface area contributed by atoms with E-state index in [0.717, 1.165) is 27.8 Å². The third-order valence-corrected chi connectivity index (χ3v) is 4.02. The summed E-state index contributed by atoms with van der Waals surface area (Å²) in [5.74, 6) is 0. The Kier molecular flexibility index (Phi) is 3.63. The zero-order chi connectivity index (χ0) is 13.2. The number of hydrogen-bond donors (Lipinski definition) is 1. The van der Waals surface area contributed by atoms with Crippen LogP contribution >= 0.6 is 11.3 Å². The number of sulfonamides is 1. The van der Waals surface area contributed by atoms with E-state index in [0.29, 0.717) is 12.8 Å². The lowest BCUT2D eigenvalue weighted by Gasteiger charge is -1.98. The second-order valence-electron chi connectivity index (χ2n) is 3.87. The molecule has 0 unspecified atom stereocenters. The van der Waals surface area contributed by atoms with Crippen molar-refractivity contribution in [1.29, 1.82) is 0 Å². The number of aromatic nitrogens is 1. The molecule has 2 aromatic rings. The van der Waals surface area contributed by atoms with Crippen molar-refractivity contribution in [1.82, 2.24) is 0 Å². The number of nitrogens with zero attached hydrogens (tertiary/aromatic N) is 1. The fourth-order valence-corrected chi connectivity index (χ4v) is 3.36. The average Bonchev–Trinajstić information content (AvgIpc) is 2.63. The van der Waals surface area contributed by atoms with Gasteiger partial charge in [-0.05, 0) is 6.07 Å². The second-order valence-corrected chi connectivity index (χ2v) is 6.71. The number of thiazole rings is 1. The van der Waals surface area contributed by atoms with Crippen LogP contribution in [0.5, 0.6) is 0 Å². The highest BCUT2D eigenvalue weighted by Gasteiger charge is 2.23. The molecule has 2 rings (SSSR count). The number of carbonyl (C=O) groups is 1. The van der Waals surface area contributed by atoms with Gasteiger partial charge in [0, 0.05) is 12.5 Å². The molecule has 0 radical (unpaired) electrons. The third-order valence-electron chi connectivity index (χ3n) is 2.32. The van der Waals surface area contributed by atoms with Gasteiger partial charge in [-0.1, -0.05) is 33.0 Å². The van der Waals surface area contributed by atoms with E-state index in [1.165, 1.54) is 11.3 Å². The first-order chi connectivity index (χ1) is 8.51. The van der Waals surface area contributed by atoms with Crippen LogP contribution in [0.4, 0.5) is 0 Å². The first-order valence-electron chi connectivity index (χ1n) is 5.35. The summed E-state index contributed by atoms with van der Waals surface area (Å²) in [7, 11) is -3.35. The van der Waals surface area contributed by atoms with Gasteiger partial charge in [-0.15, -0.1) is 0 Å². The number of fused-ring (bicyclic) bond motifs is 1. The Morgan fingerprint density at radius 1 is 1.39 bits per heavy atom. The first-order valence-corrected chi connectivity index (χ1v) is 8.06. The maximum Gasteiger partial charge on any atom is 0.274 e. The highest BCUT2D eigenvalue weighted by molar-refractivity contribution is 7.91. The van der Waals surface area contributed by atoms with Crippen molar-refractivity contribution in [3.8, 4) is 0 Å². The molecular weight excluding hydrogens is 272 g/mol. The molecular formula is C11H13N2O3S2+. The number of para-hydroxylation sites is 1. The fraction of sp³-hybridized carbons (Fsp3) is 0.273. The standard InChI is InChI=1S/C11H13N2O3S2/c1-18(15,16)12-13-9-5-2-3-6-10(9)17-11(13)7-4-8-14/h2-3,5-6,8,12H,4,7H2,1H3/q+1. The summed E-state index contributed by atoms with van der Waals surface area (Å²) < 4.78 is 25.3. The van der Waals surface area contributed by atoms with Crippen molar-refractivity contribution in [3.63, 3.8) is 0 Å². The van der Waals surface area contributed by atoms with Crippen molar-refractivity contribution in [2.75, 3.05) is 11.1 Å². The summed E-state index contributed by atoms with van der Waals surface area (Å²) >= 11 is 1.48. The predicted molar refractivity (Wildman–Crippen MR) is 70.6 cm³/mol. The number of hydrogen-bond acceptors (Lipinski definition) is 4. The second kappa shape index (κ2) is 5.03. The maximum atomic E-state index is 11.4. The summed E-state index contributed by atoms with van der Waals surface area (Å²) in [6.45, 7) is 0. The Bertz CT molecular complexity index is 677. The molecule has 0 aliphatic rings. The fourth-order valence-electron chi connectivity index (χ4n) is 1.65. The van der Waals surface area contributed by atoms with E-state index in [4.69, 9.17) is 0 Å². The SMILES string of the molecule is CS(=O)(=O)N[n+]1c(CCC=O)sc2ccccc21. The molecule has 5 nitrogen and oxygen atoms in total. The van der Waals surface area contributed by atoms with Gasteiger partial charge in [0.15, 0.2) is 0 Å². The highest BCUT2D eigenvalue weighted by Crippen LogP contribution is 2.20. The van der Waals surface area contributed by atoms with E-state index in [-0.39, 0.29) is 0 Å². The minimum absolute atomic E-state index is 0.373. The minimum atomic E-state index is -3.35. The van der Waals surface area contributed by atoms with Crippen molar-refractivity contribution in [2.24, 2.45) is 0 Å². The van der Waals surface area contributed by atoms with Crippen molar-refractivity contribution in [3.05, 3.63) is 29.3 Å². The largest absolute Gasteiger partial charge is 0.303 e. The van der Waals surface area contributed by atoms with Crippen LogP contribution in [-0.2, 0) is 21.2 Å². The van der Waals surface area contributed by atoms with Crippen LogP contribution in [-0.4, -0.2) is 21.0 Å². The molecule has 96 valence electrons. The zero-order valence-electron chi connectivity index (χ0n) is 9.79. The van der Waals surface area contributed by atoms with Crippen LogP contribution in [0.2, 0.25) is 0 Å². The van der Waals surface area contributed by atoms with Gasteiger partial charge in [0.1, 0.15) is 11.0 Å². The van der Waals surface area contributed by atoms with Gasteiger partial charge in [0.05, 0.1) is 12.7 Å². The number of rotatable bonds is 5. The molecule has 1 N–H and O–H groups in total. The predicted octanol–water partition coefficient (Wildman–Crippen LogP) is 0.823. The summed E-state index contributed by atoms with van der Waals surface area (Å²) in [6, 6.07) is 7.51.